The van der Waals surface area contributed by atoms with Gasteiger partial charge in [0.15, 0.2) is 0 Å². The van der Waals surface area contributed by atoms with Crippen LogP contribution in [0, 0.1) is 5.92 Å². The lowest BCUT2D eigenvalue weighted by Gasteiger charge is -2.42. The quantitative estimate of drug-likeness (QED) is 0.194. The van der Waals surface area contributed by atoms with Crippen LogP contribution in [0.1, 0.15) is 32.1 Å². The number of carbonyl (C=O) groups is 2. The van der Waals surface area contributed by atoms with Crippen LogP contribution in [0.3, 0.4) is 0 Å². The fourth-order valence-corrected chi connectivity index (χ4v) is 3.13. The van der Waals surface area contributed by atoms with Gasteiger partial charge in [-0.25, -0.2) is 0 Å². The van der Waals surface area contributed by atoms with E-state index in [2.05, 4.69) is 0 Å². The number of amides is 1. The molecule has 0 aromatic rings. The first-order valence-corrected chi connectivity index (χ1v) is 8.32. The number of nitrogens with two attached hydrogens (primary N) is 3. The maximum Gasteiger partial charge on any atom is 0.451 e. The third-order valence-corrected chi connectivity index (χ3v) is 4.46. The second-order valence-corrected chi connectivity index (χ2v) is 6.70. The van der Waals surface area contributed by atoms with E-state index in [4.69, 9.17) is 27.2 Å². The highest BCUT2D eigenvalue weighted by atomic mass is 35.5. The van der Waals surface area contributed by atoms with Crippen LogP contribution in [0.15, 0.2) is 0 Å². The van der Waals surface area contributed by atoms with E-state index in [-0.39, 0.29) is 68.3 Å². The minimum Gasteiger partial charge on any atom is -0.480 e. The molecule has 3 atom stereocenters. The van der Waals surface area contributed by atoms with Crippen molar-refractivity contribution >= 4 is 56.2 Å². The molecule has 1 fully saturated rings. The summed E-state index contributed by atoms with van der Waals surface area (Å²) in [6.07, 6.45) is 2.64. The van der Waals surface area contributed by atoms with Crippen molar-refractivity contribution in [1.29, 1.82) is 0 Å². The summed E-state index contributed by atoms with van der Waals surface area (Å²) in [7, 11) is -1.47. The number of aliphatic carboxylic acids is 1. The Morgan fingerprint density at radius 2 is 1.81 bits per heavy atom. The number of hydrogen-bond donors (Lipinski definition) is 6. The summed E-state index contributed by atoms with van der Waals surface area (Å²) in [5, 5.41) is 27.4. The zero-order valence-electron chi connectivity index (χ0n) is 15.2. The van der Waals surface area contributed by atoms with Gasteiger partial charge >= 0.3 is 13.1 Å². The number of rotatable bonds is 9. The number of carbonyl (C=O) groups excluding carboxylic acids is 1. The van der Waals surface area contributed by atoms with E-state index in [0.717, 1.165) is 12.8 Å². The van der Waals surface area contributed by atoms with Crippen LogP contribution in [0.25, 0.3) is 0 Å². The topological polar surface area (TPSA) is 176 Å². The van der Waals surface area contributed by atoms with E-state index in [1.807, 2.05) is 0 Å². The largest absolute Gasteiger partial charge is 0.480 e. The van der Waals surface area contributed by atoms with Gasteiger partial charge in [-0.15, -0.1) is 37.2 Å². The maximum atomic E-state index is 12.5. The molecule has 9 nitrogen and oxygen atoms in total. The fraction of sp³-hybridized carbons (Fsp3) is 0.857. The Balaban J connectivity index is -0.00000192. The molecule has 1 amide bonds. The Hall–Kier alpha value is -0.325. The van der Waals surface area contributed by atoms with Crippen molar-refractivity contribution in [3.63, 3.8) is 0 Å². The predicted molar refractivity (Wildman–Crippen MR) is 111 cm³/mol. The number of hydrogen-bond acceptors (Lipinski definition) is 7. The summed E-state index contributed by atoms with van der Waals surface area (Å²) in [6.45, 7) is 0.757. The minimum atomic E-state index is -1.55. The Morgan fingerprint density at radius 3 is 2.30 bits per heavy atom. The highest BCUT2D eigenvalue weighted by molar-refractivity contribution is 6.40. The Labute approximate surface area is 178 Å². The van der Waals surface area contributed by atoms with Crippen molar-refractivity contribution < 1.29 is 24.7 Å². The summed E-state index contributed by atoms with van der Waals surface area (Å²) < 4.78 is 0. The summed E-state index contributed by atoms with van der Waals surface area (Å²) in [5.41, 5.74) is 15.8. The van der Waals surface area contributed by atoms with Gasteiger partial charge in [0, 0.05) is 13.1 Å². The van der Waals surface area contributed by atoms with Gasteiger partial charge in [-0.3, -0.25) is 9.59 Å². The van der Waals surface area contributed by atoms with E-state index in [1.54, 1.807) is 0 Å². The molecule has 0 saturated carbocycles. The average molecular weight is 454 g/mol. The van der Waals surface area contributed by atoms with Crippen molar-refractivity contribution in [2.24, 2.45) is 23.1 Å². The van der Waals surface area contributed by atoms with Crippen LogP contribution in [0.5, 0.6) is 0 Å². The number of likely N-dealkylation sites (tertiary alicyclic amines) is 1. The number of nitrogens with zero attached hydrogens (tertiary/aromatic N) is 1. The van der Waals surface area contributed by atoms with E-state index in [1.165, 1.54) is 4.90 Å². The summed E-state index contributed by atoms with van der Waals surface area (Å²) in [6, 6.07) is -0.711. The zero-order valence-corrected chi connectivity index (χ0v) is 17.6. The molecule has 1 heterocycles. The van der Waals surface area contributed by atoms with Crippen LogP contribution >= 0.6 is 37.2 Å². The molecule has 27 heavy (non-hydrogen) atoms. The van der Waals surface area contributed by atoms with Gasteiger partial charge in [0.1, 0.15) is 5.54 Å². The first kappa shape index (κ1) is 31.4. The van der Waals surface area contributed by atoms with E-state index in [9.17, 15) is 14.7 Å². The molecular formula is C14H32BCl3N4O5. The lowest BCUT2D eigenvalue weighted by Crippen LogP contribution is -2.64. The van der Waals surface area contributed by atoms with Gasteiger partial charge in [-0.1, -0.05) is 12.8 Å². The first-order chi connectivity index (χ1) is 11.2. The van der Waals surface area contributed by atoms with Crippen molar-refractivity contribution in [3.8, 4) is 0 Å². The molecule has 0 bridgehead atoms. The highest BCUT2D eigenvalue weighted by Gasteiger charge is 2.44. The molecule has 0 aromatic carbocycles. The molecule has 0 aliphatic carbocycles. The van der Waals surface area contributed by atoms with Gasteiger partial charge in [0.05, 0.1) is 6.04 Å². The van der Waals surface area contributed by atoms with Crippen molar-refractivity contribution in [2.75, 3.05) is 19.6 Å². The number of piperidine rings is 1. The number of carboxylic acid groups (broad SMARTS) is 1. The molecule has 0 unspecified atom stereocenters. The molecule has 1 aliphatic heterocycles. The van der Waals surface area contributed by atoms with Crippen LogP contribution in [-0.2, 0) is 9.59 Å². The Bertz CT molecular complexity index is 453. The van der Waals surface area contributed by atoms with Crippen LogP contribution in [0.4, 0.5) is 0 Å². The highest BCUT2D eigenvalue weighted by Crippen LogP contribution is 2.28. The summed E-state index contributed by atoms with van der Waals surface area (Å²) in [5.74, 6) is -1.72. The first-order valence-electron chi connectivity index (χ1n) is 8.32. The summed E-state index contributed by atoms with van der Waals surface area (Å²) in [4.78, 5) is 25.4. The number of carboxylic acids is 1. The van der Waals surface area contributed by atoms with E-state index in [0.29, 0.717) is 25.9 Å². The lowest BCUT2D eigenvalue weighted by atomic mass is 9.75. The Morgan fingerprint density at radius 1 is 1.22 bits per heavy atom. The van der Waals surface area contributed by atoms with Crippen molar-refractivity contribution in [3.05, 3.63) is 0 Å². The summed E-state index contributed by atoms with van der Waals surface area (Å²) >= 11 is 0. The van der Waals surface area contributed by atoms with Gasteiger partial charge in [0.25, 0.3) is 0 Å². The van der Waals surface area contributed by atoms with Gasteiger partial charge in [-0.05, 0) is 38.0 Å². The second-order valence-electron chi connectivity index (χ2n) is 6.70. The Kier molecular flexibility index (Phi) is 17.0. The average Bonchev–Trinajstić information content (AvgIpc) is 2.51. The molecule has 1 aliphatic rings. The third-order valence-electron chi connectivity index (χ3n) is 4.46. The molecule has 13 heteroatoms. The minimum absolute atomic E-state index is 0. The standard InChI is InChI=1S/C14H29BN4O5.3ClH/c16-6-2-1-3-11(17)12(20)19-8-10(4-5-15(23)24)7-14(18,9-19)13(21)22;;;/h10-11,23-24H,1-9,16-18H2,(H,21,22);3*1H/t10-,11-,14+;;;/m0.../s1. The van der Waals surface area contributed by atoms with Gasteiger partial charge in [0.2, 0.25) is 5.91 Å². The smallest absolute Gasteiger partial charge is 0.451 e. The molecular weight excluding hydrogens is 421 g/mol. The number of unbranched alkanes of at least 4 members (excludes halogenated alkanes) is 1. The normalized spacial score (nSPS) is 22.6. The van der Waals surface area contributed by atoms with E-state index >= 15 is 0 Å². The van der Waals surface area contributed by atoms with Gasteiger partial charge in [-0.2, -0.15) is 0 Å². The van der Waals surface area contributed by atoms with Crippen LogP contribution < -0.4 is 17.2 Å². The fourth-order valence-electron chi connectivity index (χ4n) is 3.13. The lowest BCUT2D eigenvalue weighted by molar-refractivity contribution is -0.149. The molecule has 1 rings (SSSR count). The van der Waals surface area contributed by atoms with Gasteiger partial charge < -0.3 is 37.3 Å². The second kappa shape index (κ2) is 14.6. The predicted octanol–water partition coefficient (Wildman–Crippen LogP) is -0.798. The van der Waals surface area contributed by atoms with Crippen molar-refractivity contribution in [1.82, 2.24) is 4.90 Å². The SMILES string of the molecule is Cl.Cl.Cl.NCCCC[C@H](N)C(=O)N1C[C@@H](CCB(O)O)C[C@](N)(C(=O)O)C1. The maximum absolute atomic E-state index is 12.5. The molecule has 0 aromatic heterocycles. The van der Waals surface area contributed by atoms with E-state index < -0.39 is 24.7 Å². The molecule has 0 radical (unpaired) electrons. The molecule has 9 N–H and O–H groups in total. The molecule has 1 saturated heterocycles. The monoisotopic (exact) mass is 452 g/mol. The third kappa shape index (κ3) is 10.1. The number of halogens is 3. The molecule has 0 spiro atoms. The van der Waals surface area contributed by atoms with Crippen LogP contribution in [-0.4, -0.2) is 70.3 Å². The van der Waals surface area contributed by atoms with Crippen LogP contribution in [0.2, 0.25) is 6.32 Å². The zero-order chi connectivity index (χ0) is 18.3. The van der Waals surface area contributed by atoms with Crippen molar-refractivity contribution in [2.45, 2.75) is 50.0 Å². The molecule has 162 valence electrons.